The van der Waals surface area contributed by atoms with Gasteiger partial charge in [0.25, 0.3) is 5.91 Å². The minimum atomic E-state index is -0.601. The Hall–Kier alpha value is -2.96. The molecule has 2 atom stereocenters. The third kappa shape index (κ3) is 5.40. The molecule has 0 N–H and O–H groups in total. The summed E-state index contributed by atoms with van der Waals surface area (Å²) < 4.78 is 5.17. The van der Waals surface area contributed by atoms with Gasteiger partial charge in [0.1, 0.15) is 0 Å². The number of amides is 3. The van der Waals surface area contributed by atoms with Crippen molar-refractivity contribution in [3.8, 4) is 0 Å². The summed E-state index contributed by atoms with van der Waals surface area (Å²) in [6, 6.07) is 9.61. The number of allylic oxidation sites excluding steroid dienone is 2. The molecule has 1 fully saturated rings. The lowest BCUT2D eigenvalue weighted by atomic mass is 9.85. The zero-order valence-electron chi connectivity index (χ0n) is 18.4. The van der Waals surface area contributed by atoms with Crippen LogP contribution in [0.15, 0.2) is 42.5 Å². The first kappa shape index (κ1) is 22.7. The number of likely N-dealkylation sites (tertiary alicyclic amines) is 1. The summed E-state index contributed by atoms with van der Waals surface area (Å²) in [6.45, 7) is 5.80. The van der Waals surface area contributed by atoms with Crippen LogP contribution in [0.4, 0.5) is 0 Å². The van der Waals surface area contributed by atoms with Crippen molar-refractivity contribution in [1.29, 1.82) is 0 Å². The highest BCUT2D eigenvalue weighted by Crippen LogP contribution is 2.35. The number of hydrogen-bond donors (Lipinski definition) is 0. The van der Waals surface area contributed by atoms with E-state index in [4.69, 9.17) is 4.74 Å². The highest BCUT2D eigenvalue weighted by molar-refractivity contribution is 6.05. The monoisotopic (exact) mass is 426 g/mol. The molecule has 0 aromatic heterocycles. The van der Waals surface area contributed by atoms with Crippen LogP contribution in [0.2, 0.25) is 0 Å². The second-order valence-electron chi connectivity index (χ2n) is 9.03. The number of carbonyl (C=O) groups is 4. The number of ether oxygens (including phenoxy) is 1. The van der Waals surface area contributed by atoms with Crippen LogP contribution in [0.3, 0.4) is 0 Å². The Morgan fingerprint density at radius 3 is 2.16 bits per heavy atom. The fourth-order valence-corrected chi connectivity index (χ4v) is 4.05. The Balaban J connectivity index is 1.50. The maximum Gasteiger partial charge on any atom is 0.308 e. The Bertz CT molecular complexity index is 846. The number of hydrogen-bond acceptors (Lipinski definition) is 5. The van der Waals surface area contributed by atoms with E-state index in [2.05, 4.69) is 0 Å². The van der Waals surface area contributed by atoms with E-state index >= 15 is 0 Å². The molecule has 166 valence electrons. The molecule has 0 radical (unpaired) electrons. The molecule has 7 heteroatoms. The first-order chi connectivity index (χ1) is 14.7. The Labute approximate surface area is 183 Å². The lowest BCUT2D eigenvalue weighted by Crippen LogP contribution is -2.47. The quantitative estimate of drug-likeness (QED) is 0.380. The van der Waals surface area contributed by atoms with Crippen molar-refractivity contribution >= 4 is 23.7 Å². The van der Waals surface area contributed by atoms with Crippen LogP contribution in [0.5, 0.6) is 0 Å². The standard InChI is InChI=1S/C24H30N2O5/c1-24(2,3)26(15-17-9-5-4-6-10-17)20(27)16-31-21(28)13-14-25-22(29)18-11-7-8-12-19(18)23(25)30/h4-10,18-19H,11-16H2,1-3H3/t18-,19-/m1/s1. The van der Waals surface area contributed by atoms with Gasteiger partial charge in [-0.1, -0.05) is 42.5 Å². The van der Waals surface area contributed by atoms with Crippen LogP contribution >= 0.6 is 0 Å². The first-order valence-electron chi connectivity index (χ1n) is 10.7. The van der Waals surface area contributed by atoms with E-state index in [0.29, 0.717) is 19.4 Å². The topological polar surface area (TPSA) is 84.0 Å². The summed E-state index contributed by atoms with van der Waals surface area (Å²) in [7, 11) is 0. The first-order valence-corrected chi connectivity index (χ1v) is 10.7. The van der Waals surface area contributed by atoms with E-state index in [-0.39, 0.29) is 49.1 Å². The average molecular weight is 427 g/mol. The van der Waals surface area contributed by atoms with Crippen LogP contribution in [0.1, 0.15) is 45.6 Å². The van der Waals surface area contributed by atoms with Crippen molar-refractivity contribution < 1.29 is 23.9 Å². The van der Waals surface area contributed by atoms with E-state index in [9.17, 15) is 19.2 Å². The summed E-state index contributed by atoms with van der Waals surface area (Å²) >= 11 is 0. The van der Waals surface area contributed by atoms with Gasteiger partial charge in [0.2, 0.25) is 11.8 Å². The Morgan fingerprint density at radius 2 is 1.61 bits per heavy atom. The van der Waals surface area contributed by atoms with Crippen LogP contribution in [-0.2, 0) is 30.5 Å². The summed E-state index contributed by atoms with van der Waals surface area (Å²) in [6.07, 6.45) is 4.85. The van der Waals surface area contributed by atoms with Crippen LogP contribution in [0.25, 0.3) is 0 Å². The fraction of sp³-hybridized carbons (Fsp3) is 0.500. The lowest BCUT2D eigenvalue weighted by Gasteiger charge is -2.35. The predicted molar refractivity (Wildman–Crippen MR) is 114 cm³/mol. The molecule has 0 bridgehead atoms. The largest absolute Gasteiger partial charge is 0.456 e. The zero-order chi connectivity index (χ0) is 22.6. The van der Waals surface area contributed by atoms with E-state index in [1.807, 2.05) is 63.3 Å². The van der Waals surface area contributed by atoms with Gasteiger partial charge in [0.15, 0.2) is 6.61 Å². The maximum atomic E-state index is 12.8. The van der Waals surface area contributed by atoms with E-state index in [1.165, 1.54) is 4.90 Å². The summed E-state index contributed by atoms with van der Waals surface area (Å²) in [5.74, 6) is -1.96. The molecular formula is C24H30N2O5. The number of esters is 1. The van der Waals surface area contributed by atoms with Gasteiger partial charge in [0.05, 0.1) is 18.3 Å². The van der Waals surface area contributed by atoms with Gasteiger partial charge >= 0.3 is 5.97 Å². The van der Waals surface area contributed by atoms with E-state index in [0.717, 1.165) is 5.56 Å². The fourth-order valence-electron chi connectivity index (χ4n) is 4.05. The summed E-state index contributed by atoms with van der Waals surface area (Å²) in [5, 5.41) is 0. The van der Waals surface area contributed by atoms with Crippen molar-refractivity contribution in [2.75, 3.05) is 13.2 Å². The van der Waals surface area contributed by atoms with Gasteiger partial charge in [-0.25, -0.2) is 0 Å². The minimum absolute atomic E-state index is 0.00924. The molecule has 1 aromatic carbocycles. The van der Waals surface area contributed by atoms with Crippen LogP contribution < -0.4 is 0 Å². The van der Waals surface area contributed by atoms with Crippen molar-refractivity contribution in [2.45, 2.75) is 52.1 Å². The van der Waals surface area contributed by atoms with Crippen molar-refractivity contribution in [2.24, 2.45) is 11.8 Å². The van der Waals surface area contributed by atoms with Crippen molar-refractivity contribution in [3.05, 3.63) is 48.0 Å². The second-order valence-corrected chi connectivity index (χ2v) is 9.03. The smallest absolute Gasteiger partial charge is 0.308 e. The lowest BCUT2D eigenvalue weighted by molar-refractivity contribution is -0.155. The molecule has 1 aliphatic heterocycles. The molecule has 2 aliphatic rings. The third-order valence-corrected chi connectivity index (χ3v) is 5.79. The normalized spacial score (nSPS) is 20.5. The average Bonchev–Trinajstić information content (AvgIpc) is 2.99. The molecule has 0 saturated carbocycles. The van der Waals surface area contributed by atoms with Gasteiger partial charge < -0.3 is 9.64 Å². The van der Waals surface area contributed by atoms with Gasteiger partial charge in [-0.3, -0.25) is 24.1 Å². The van der Waals surface area contributed by atoms with Gasteiger partial charge in [-0.15, -0.1) is 0 Å². The zero-order valence-corrected chi connectivity index (χ0v) is 18.4. The van der Waals surface area contributed by atoms with E-state index in [1.54, 1.807) is 4.90 Å². The van der Waals surface area contributed by atoms with E-state index < -0.39 is 11.5 Å². The Morgan fingerprint density at radius 1 is 1.03 bits per heavy atom. The number of nitrogens with zero attached hydrogens (tertiary/aromatic N) is 2. The molecular weight excluding hydrogens is 396 g/mol. The second kappa shape index (κ2) is 9.45. The van der Waals surface area contributed by atoms with Gasteiger partial charge in [-0.2, -0.15) is 0 Å². The molecule has 1 aliphatic carbocycles. The minimum Gasteiger partial charge on any atom is -0.456 e. The highest BCUT2D eigenvalue weighted by atomic mass is 16.5. The number of rotatable bonds is 7. The summed E-state index contributed by atoms with van der Waals surface area (Å²) in [4.78, 5) is 52.7. The summed E-state index contributed by atoms with van der Waals surface area (Å²) in [5.41, 5.74) is 0.539. The SMILES string of the molecule is CC(C)(C)N(Cc1ccccc1)C(=O)COC(=O)CCN1C(=O)[C@@H]2CC=CC[C@H]2C1=O. The number of fused-ring (bicyclic) bond motifs is 1. The molecule has 3 amide bonds. The molecule has 0 spiro atoms. The molecule has 31 heavy (non-hydrogen) atoms. The van der Waals surface area contributed by atoms with Gasteiger partial charge in [-0.05, 0) is 39.2 Å². The van der Waals surface area contributed by atoms with Crippen LogP contribution in [-0.4, -0.2) is 52.2 Å². The number of benzene rings is 1. The van der Waals surface area contributed by atoms with Crippen LogP contribution in [0, 0.1) is 11.8 Å². The van der Waals surface area contributed by atoms with Gasteiger partial charge in [0, 0.05) is 18.6 Å². The third-order valence-electron chi connectivity index (χ3n) is 5.79. The molecule has 1 heterocycles. The van der Waals surface area contributed by atoms with Crippen molar-refractivity contribution in [3.63, 3.8) is 0 Å². The number of imide groups is 1. The Kier molecular flexibility index (Phi) is 6.93. The molecule has 0 unspecified atom stereocenters. The molecule has 7 nitrogen and oxygen atoms in total. The molecule has 3 rings (SSSR count). The molecule has 1 aromatic rings. The van der Waals surface area contributed by atoms with Crippen molar-refractivity contribution in [1.82, 2.24) is 9.80 Å². The molecule has 1 saturated heterocycles. The highest BCUT2D eigenvalue weighted by Gasteiger charge is 2.47. The number of carbonyl (C=O) groups excluding carboxylic acids is 4. The predicted octanol–water partition coefficient (Wildman–Crippen LogP) is 2.70. The maximum absolute atomic E-state index is 12.8.